The van der Waals surface area contributed by atoms with Gasteiger partial charge in [0.25, 0.3) is 0 Å². The van der Waals surface area contributed by atoms with E-state index in [1.807, 2.05) is 19.9 Å². The Bertz CT molecular complexity index is 993. The van der Waals surface area contributed by atoms with Crippen molar-refractivity contribution in [3.63, 3.8) is 0 Å². The fourth-order valence-electron chi connectivity index (χ4n) is 4.64. The second kappa shape index (κ2) is 5.93. The molecule has 1 N–H and O–H groups in total. The number of carbonyl (C=O) groups excluding carboxylic acids is 1. The van der Waals surface area contributed by atoms with Crippen molar-refractivity contribution in [3.05, 3.63) is 70.6 Å². The lowest BCUT2D eigenvalue weighted by Crippen LogP contribution is -2.43. The Balaban J connectivity index is 2.08. The number of Topliss-reactive ketones (excluding diaryl/α,β-unsaturated/α-hetero) is 1. The zero-order valence-corrected chi connectivity index (χ0v) is 15.9. The molecule has 28 heavy (non-hydrogen) atoms. The average Bonchev–Trinajstić information content (AvgIpc) is 2.59. The molecule has 6 heteroatoms. The Hall–Kier alpha value is -2.63. The van der Waals surface area contributed by atoms with Gasteiger partial charge >= 0.3 is 6.18 Å². The highest BCUT2D eigenvalue weighted by atomic mass is 19.4. The third-order valence-electron chi connectivity index (χ3n) is 5.75. The van der Waals surface area contributed by atoms with Gasteiger partial charge in [0.15, 0.2) is 5.78 Å². The highest BCUT2D eigenvalue weighted by Gasteiger charge is 2.51. The van der Waals surface area contributed by atoms with E-state index in [9.17, 15) is 18.0 Å². The highest BCUT2D eigenvalue weighted by Crippen LogP contribution is 2.54. The number of benzene rings is 1. The zero-order valence-electron chi connectivity index (χ0n) is 15.9. The summed E-state index contributed by atoms with van der Waals surface area (Å²) in [6.07, 6.45) is -2.51. The SMILES string of the molecule is CC1(C)CC(=O)C2=C(C1)Nc1nccc(C(F)(F)F)c1[C@@]2(C)c1ccccc1. The van der Waals surface area contributed by atoms with E-state index in [1.165, 1.54) is 6.20 Å². The van der Waals surface area contributed by atoms with Crippen LogP contribution in [0.4, 0.5) is 19.0 Å². The summed E-state index contributed by atoms with van der Waals surface area (Å²) in [5, 5.41) is 3.07. The molecule has 3 nitrogen and oxygen atoms in total. The van der Waals surface area contributed by atoms with Crippen LogP contribution in [0.2, 0.25) is 0 Å². The molecule has 1 aromatic heterocycles. The monoisotopic (exact) mass is 386 g/mol. The molecule has 1 atom stereocenters. The number of ketones is 1. The second-order valence-electron chi connectivity index (χ2n) is 8.49. The molecule has 1 aromatic carbocycles. The van der Waals surface area contributed by atoms with Gasteiger partial charge in [-0.3, -0.25) is 4.79 Å². The number of nitrogens with one attached hydrogen (secondary N) is 1. The summed E-state index contributed by atoms with van der Waals surface area (Å²) in [5.74, 6) is 0.0539. The minimum Gasteiger partial charge on any atom is -0.343 e. The normalized spacial score (nSPS) is 23.7. The number of hydrogen-bond acceptors (Lipinski definition) is 3. The van der Waals surface area contributed by atoms with Gasteiger partial charge in [0.1, 0.15) is 5.82 Å². The van der Waals surface area contributed by atoms with Gasteiger partial charge in [-0.15, -0.1) is 0 Å². The average molecular weight is 386 g/mol. The Morgan fingerprint density at radius 1 is 1.04 bits per heavy atom. The van der Waals surface area contributed by atoms with Crippen LogP contribution in [-0.4, -0.2) is 10.8 Å². The van der Waals surface area contributed by atoms with Crippen LogP contribution in [0, 0.1) is 5.41 Å². The topological polar surface area (TPSA) is 42.0 Å². The Kier molecular flexibility index (Phi) is 3.97. The van der Waals surface area contributed by atoms with E-state index in [0.717, 1.165) is 6.07 Å². The molecule has 0 fully saturated rings. The van der Waals surface area contributed by atoms with E-state index in [4.69, 9.17) is 0 Å². The molecule has 2 heterocycles. The fraction of sp³-hybridized carbons (Fsp3) is 0.364. The van der Waals surface area contributed by atoms with Gasteiger partial charge < -0.3 is 5.32 Å². The first-order valence-corrected chi connectivity index (χ1v) is 9.20. The van der Waals surface area contributed by atoms with E-state index in [2.05, 4.69) is 10.3 Å². The van der Waals surface area contributed by atoms with Crippen LogP contribution in [0.3, 0.4) is 0 Å². The van der Waals surface area contributed by atoms with Crippen molar-refractivity contribution in [2.24, 2.45) is 5.41 Å². The van der Waals surface area contributed by atoms with E-state index in [-0.39, 0.29) is 22.6 Å². The number of anilines is 1. The molecule has 1 aliphatic carbocycles. The summed E-state index contributed by atoms with van der Waals surface area (Å²) in [5.41, 5.74) is -0.502. The van der Waals surface area contributed by atoms with Crippen LogP contribution < -0.4 is 5.32 Å². The number of alkyl halides is 3. The quantitative estimate of drug-likeness (QED) is 0.706. The minimum absolute atomic E-state index is 0.0144. The van der Waals surface area contributed by atoms with Crippen LogP contribution in [0.15, 0.2) is 53.9 Å². The number of aromatic nitrogens is 1. The lowest BCUT2D eigenvalue weighted by Gasteiger charge is -2.45. The highest BCUT2D eigenvalue weighted by molar-refractivity contribution is 6.03. The van der Waals surface area contributed by atoms with Crippen molar-refractivity contribution >= 4 is 11.6 Å². The molecule has 0 radical (unpaired) electrons. The lowest BCUT2D eigenvalue weighted by molar-refractivity contribution is -0.138. The van der Waals surface area contributed by atoms with Crippen molar-refractivity contribution in [3.8, 4) is 0 Å². The van der Waals surface area contributed by atoms with Gasteiger partial charge in [-0.05, 0) is 30.4 Å². The van der Waals surface area contributed by atoms with Gasteiger partial charge in [0.2, 0.25) is 0 Å². The lowest BCUT2D eigenvalue weighted by atomic mass is 9.61. The smallest absolute Gasteiger partial charge is 0.343 e. The first kappa shape index (κ1) is 18.7. The Morgan fingerprint density at radius 3 is 2.36 bits per heavy atom. The third kappa shape index (κ3) is 2.74. The maximum atomic E-state index is 13.9. The predicted molar refractivity (Wildman–Crippen MR) is 101 cm³/mol. The molecule has 0 unspecified atom stereocenters. The van der Waals surface area contributed by atoms with Gasteiger partial charge in [-0.1, -0.05) is 44.2 Å². The van der Waals surface area contributed by atoms with Gasteiger partial charge in [0.05, 0.1) is 11.0 Å². The van der Waals surface area contributed by atoms with Crippen LogP contribution in [-0.2, 0) is 16.4 Å². The molecule has 0 spiro atoms. The third-order valence-corrected chi connectivity index (χ3v) is 5.75. The van der Waals surface area contributed by atoms with Crippen molar-refractivity contribution in [1.29, 1.82) is 0 Å². The zero-order chi connectivity index (χ0) is 20.3. The first-order valence-electron chi connectivity index (χ1n) is 9.20. The minimum atomic E-state index is -4.56. The maximum Gasteiger partial charge on any atom is 0.416 e. The Morgan fingerprint density at radius 2 is 1.71 bits per heavy atom. The van der Waals surface area contributed by atoms with Gasteiger partial charge in [-0.25, -0.2) is 4.98 Å². The number of halogens is 3. The summed E-state index contributed by atoms with van der Waals surface area (Å²) in [6, 6.07) is 9.92. The number of carbonyl (C=O) groups is 1. The van der Waals surface area contributed by atoms with Gasteiger partial charge in [-0.2, -0.15) is 13.2 Å². The van der Waals surface area contributed by atoms with Crippen LogP contribution in [0.1, 0.15) is 50.3 Å². The van der Waals surface area contributed by atoms with E-state index < -0.39 is 17.2 Å². The van der Waals surface area contributed by atoms with Crippen LogP contribution in [0.25, 0.3) is 0 Å². The molecule has 0 amide bonds. The summed E-state index contributed by atoms with van der Waals surface area (Å²) >= 11 is 0. The predicted octanol–water partition coefficient (Wildman–Crippen LogP) is 5.48. The number of fused-ring (bicyclic) bond motifs is 1. The molecule has 0 saturated heterocycles. The maximum absolute atomic E-state index is 13.9. The van der Waals surface area contributed by atoms with E-state index in [1.54, 1.807) is 31.2 Å². The number of nitrogens with zero attached hydrogens (tertiary/aromatic N) is 1. The molecule has 2 aliphatic rings. The van der Waals surface area contributed by atoms with Crippen molar-refractivity contribution < 1.29 is 18.0 Å². The van der Waals surface area contributed by atoms with Crippen LogP contribution >= 0.6 is 0 Å². The summed E-state index contributed by atoms with van der Waals surface area (Å²) in [4.78, 5) is 17.4. The molecule has 1 aliphatic heterocycles. The molecular formula is C22H21F3N2O. The van der Waals surface area contributed by atoms with Crippen molar-refractivity contribution in [1.82, 2.24) is 4.98 Å². The van der Waals surface area contributed by atoms with Gasteiger partial charge in [0, 0.05) is 29.5 Å². The molecule has 2 aromatic rings. The summed E-state index contributed by atoms with van der Waals surface area (Å²) < 4.78 is 41.8. The van der Waals surface area contributed by atoms with E-state index in [0.29, 0.717) is 29.7 Å². The Labute approximate surface area is 161 Å². The number of pyridine rings is 1. The first-order chi connectivity index (χ1) is 13.0. The number of rotatable bonds is 1. The van der Waals surface area contributed by atoms with E-state index >= 15 is 0 Å². The van der Waals surface area contributed by atoms with Crippen LogP contribution in [0.5, 0.6) is 0 Å². The second-order valence-corrected chi connectivity index (χ2v) is 8.49. The summed E-state index contributed by atoms with van der Waals surface area (Å²) in [7, 11) is 0. The molecule has 0 saturated carbocycles. The summed E-state index contributed by atoms with van der Waals surface area (Å²) in [6.45, 7) is 5.70. The molecular weight excluding hydrogens is 365 g/mol. The number of hydrogen-bond donors (Lipinski definition) is 1. The van der Waals surface area contributed by atoms with Crippen molar-refractivity contribution in [2.45, 2.75) is 45.2 Å². The largest absolute Gasteiger partial charge is 0.416 e. The molecule has 0 bridgehead atoms. The molecule has 4 rings (SSSR count). The fourth-order valence-corrected chi connectivity index (χ4v) is 4.64. The molecule has 146 valence electrons. The van der Waals surface area contributed by atoms with Crippen molar-refractivity contribution in [2.75, 3.05) is 5.32 Å². The number of allylic oxidation sites excluding steroid dienone is 2. The standard InChI is InChI=1S/C22H21F3N2O/c1-20(2)11-15-18(16(28)12-20)21(3,13-7-5-4-6-8-13)17-14(22(23,24)25)9-10-26-19(17)27-15/h4-10H,11-12H2,1-3H3,(H,26,27)/t21-/m1/s1.